The minimum Gasteiger partial charge on any atom is -0.322 e. The van der Waals surface area contributed by atoms with E-state index in [1.54, 1.807) is 0 Å². The van der Waals surface area contributed by atoms with Crippen molar-refractivity contribution in [3.8, 4) is 0 Å². The van der Waals surface area contributed by atoms with Crippen LogP contribution in [-0.2, 0) is 0 Å². The van der Waals surface area contributed by atoms with E-state index in [-0.39, 0.29) is 0 Å². The summed E-state index contributed by atoms with van der Waals surface area (Å²) in [4.78, 5) is 6.79. The Kier molecular flexibility index (Phi) is 3.77. The molecule has 1 atom stereocenters. The van der Waals surface area contributed by atoms with Crippen molar-refractivity contribution in [3.63, 3.8) is 0 Å². The lowest BCUT2D eigenvalue weighted by atomic mass is 10.3. The summed E-state index contributed by atoms with van der Waals surface area (Å²) in [6, 6.07) is 7.92. The molecular weight excluding hydrogens is 240 g/mol. The number of benzene rings is 1. The van der Waals surface area contributed by atoms with Crippen LogP contribution in [0.1, 0.15) is 13.8 Å². The summed E-state index contributed by atoms with van der Waals surface area (Å²) in [7, 11) is 0. The van der Waals surface area contributed by atoms with E-state index >= 15 is 0 Å². The molecule has 0 N–H and O–H groups in total. The molecule has 0 aromatic heterocycles. The van der Waals surface area contributed by atoms with Gasteiger partial charge < -0.3 is 4.90 Å². The maximum atomic E-state index is 5.89. The average Bonchev–Trinajstić information content (AvgIpc) is 2.69. The largest absolute Gasteiger partial charge is 0.322 e. The molecule has 0 radical (unpaired) electrons. The Morgan fingerprint density at radius 1 is 1.44 bits per heavy atom. The van der Waals surface area contributed by atoms with Gasteiger partial charge in [0.25, 0.3) is 0 Å². The van der Waals surface area contributed by atoms with Crippen molar-refractivity contribution in [2.75, 3.05) is 18.0 Å². The van der Waals surface area contributed by atoms with Crippen LogP contribution in [0.3, 0.4) is 0 Å². The molecule has 0 spiro atoms. The second kappa shape index (κ2) is 5.11. The summed E-state index contributed by atoms with van der Waals surface area (Å²) in [5.41, 5.74) is 1.16. The second-order valence-corrected chi connectivity index (χ2v) is 5.61. The van der Waals surface area contributed by atoms with Crippen molar-refractivity contribution >= 4 is 34.2 Å². The molecule has 1 heterocycles. The molecule has 1 unspecified atom stereocenters. The van der Waals surface area contributed by atoms with Crippen molar-refractivity contribution in [2.24, 2.45) is 4.99 Å². The Hall–Kier alpha value is -0.670. The van der Waals surface area contributed by atoms with Gasteiger partial charge in [-0.3, -0.25) is 4.99 Å². The normalized spacial score (nSPS) is 19.7. The zero-order valence-corrected chi connectivity index (χ0v) is 11.1. The molecule has 0 saturated heterocycles. The number of hydrogen-bond acceptors (Lipinski definition) is 3. The third kappa shape index (κ3) is 2.53. The van der Waals surface area contributed by atoms with Crippen LogP contribution in [0, 0.1) is 0 Å². The smallest absolute Gasteiger partial charge is 0.164 e. The number of aliphatic imine (C=N–C) groups is 1. The van der Waals surface area contributed by atoms with Crippen LogP contribution in [0.5, 0.6) is 0 Å². The summed E-state index contributed by atoms with van der Waals surface area (Å²) in [5, 5.41) is 2.49. The predicted octanol–water partition coefficient (Wildman–Crippen LogP) is 3.66. The highest BCUT2D eigenvalue weighted by Gasteiger charge is 2.20. The summed E-state index contributed by atoms with van der Waals surface area (Å²) in [6.45, 7) is 6.20. The van der Waals surface area contributed by atoms with E-state index in [9.17, 15) is 0 Å². The van der Waals surface area contributed by atoms with Gasteiger partial charge in [-0.2, -0.15) is 0 Å². The number of anilines is 1. The van der Waals surface area contributed by atoms with E-state index < -0.39 is 0 Å². The van der Waals surface area contributed by atoms with Crippen LogP contribution < -0.4 is 4.90 Å². The molecule has 4 heteroatoms. The van der Waals surface area contributed by atoms with Gasteiger partial charge in [0.1, 0.15) is 0 Å². The van der Waals surface area contributed by atoms with Crippen LogP contribution in [0.2, 0.25) is 5.02 Å². The standard InChI is InChI=1S/C12H15ClN2S/c1-3-15(12-14-8-9(2)16-12)11-6-4-10(13)5-7-11/h4-7,9H,3,8H2,1-2H3. The van der Waals surface area contributed by atoms with Crippen LogP contribution in [0.4, 0.5) is 5.69 Å². The lowest BCUT2D eigenvalue weighted by Gasteiger charge is -2.22. The fourth-order valence-corrected chi connectivity index (χ4v) is 2.81. The second-order valence-electron chi connectivity index (χ2n) is 3.77. The molecule has 0 aliphatic carbocycles. The van der Waals surface area contributed by atoms with E-state index in [1.165, 1.54) is 0 Å². The number of halogens is 1. The maximum absolute atomic E-state index is 5.89. The Morgan fingerprint density at radius 2 is 2.12 bits per heavy atom. The van der Waals surface area contributed by atoms with Crippen LogP contribution >= 0.6 is 23.4 Å². The molecule has 1 aliphatic heterocycles. The zero-order valence-electron chi connectivity index (χ0n) is 9.48. The molecular formula is C12H15ClN2S. The first-order valence-corrected chi connectivity index (χ1v) is 6.70. The summed E-state index contributed by atoms with van der Waals surface area (Å²) >= 11 is 7.73. The minimum atomic E-state index is 0.594. The number of thioether (sulfide) groups is 1. The first-order chi connectivity index (χ1) is 7.70. The minimum absolute atomic E-state index is 0.594. The lowest BCUT2D eigenvalue weighted by Crippen LogP contribution is -2.27. The van der Waals surface area contributed by atoms with Gasteiger partial charge >= 0.3 is 0 Å². The molecule has 2 rings (SSSR count). The molecule has 1 aromatic carbocycles. The van der Waals surface area contributed by atoms with E-state index in [1.807, 2.05) is 36.0 Å². The Morgan fingerprint density at radius 3 is 2.62 bits per heavy atom. The van der Waals surface area contributed by atoms with Crippen molar-refractivity contribution in [1.29, 1.82) is 0 Å². The summed E-state index contributed by atoms with van der Waals surface area (Å²) in [6.07, 6.45) is 0. The molecule has 0 amide bonds. The zero-order chi connectivity index (χ0) is 11.5. The Balaban J connectivity index is 2.19. The number of hydrogen-bond donors (Lipinski definition) is 0. The van der Waals surface area contributed by atoms with Gasteiger partial charge in [-0.05, 0) is 31.2 Å². The maximum Gasteiger partial charge on any atom is 0.164 e. The quantitative estimate of drug-likeness (QED) is 0.801. The topological polar surface area (TPSA) is 15.6 Å². The highest BCUT2D eigenvalue weighted by Crippen LogP contribution is 2.27. The Labute approximate surface area is 106 Å². The van der Waals surface area contributed by atoms with Crippen molar-refractivity contribution in [1.82, 2.24) is 0 Å². The van der Waals surface area contributed by atoms with Gasteiger partial charge in [0.2, 0.25) is 0 Å². The van der Waals surface area contributed by atoms with Crippen LogP contribution in [0.15, 0.2) is 29.3 Å². The predicted molar refractivity (Wildman–Crippen MR) is 73.8 cm³/mol. The first-order valence-electron chi connectivity index (χ1n) is 5.45. The van der Waals surface area contributed by atoms with E-state index in [0.29, 0.717) is 5.25 Å². The van der Waals surface area contributed by atoms with E-state index in [0.717, 1.165) is 29.0 Å². The molecule has 1 aliphatic rings. The van der Waals surface area contributed by atoms with Crippen LogP contribution in [0.25, 0.3) is 0 Å². The van der Waals surface area contributed by atoms with Gasteiger partial charge in [-0.15, -0.1) is 0 Å². The van der Waals surface area contributed by atoms with Crippen molar-refractivity contribution < 1.29 is 0 Å². The summed E-state index contributed by atoms with van der Waals surface area (Å²) < 4.78 is 0. The van der Waals surface area contributed by atoms with E-state index in [4.69, 9.17) is 11.6 Å². The third-order valence-corrected chi connectivity index (χ3v) is 3.84. The van der Waals surface area contributed by atoms with Crippen molar-refractivity contribution in [2.45, 2.75) is 19.1 Å². The molecule has 2 nitrogen and oxygen atoms in total. The molecule has 0 fully saturated rings. The fraction of sp³-hybridized carbons (Fsp3) is 0.417. The summed E-state index contributed by atoms with van der Waals surface area (Å²) in [5.74, 6) is 0. The van der Waals surface area contributed by atoms with Gasteiger partial charge in [-0.25, -0.2) is 0 Å². The molecule has 86 valence electrons. The van der Waals surface area contributed by atoms with Crippen molar-refractivity contribution in [3.05, 3.63) is 29.3 Å². The Bertz CT molecular complexity index is 389. The highest BCUT2D eigenvalue weighted by atomic mass is 35.5. The van der Waals surface area contributed by atoms with Gasteiger partial charge in [0, 0.05) is 22.5 Å². The highest BCUT2D eigenvalue weighted by molar-refractivity contribution is 8.15. The van der Waals surface area contributed by atoms with Gasteiger partial charge in [0.15, 0.2) is 5.17 Å². The molecule has 16 heavy (non-hydrogen) atoms. The van der Waals surface area contributed by atoms with E-state index in [2.05, 4.69) is 23.7 Å². The monoisotopic (exact) mass is 254 g/mol. The molecule has 0 saturated carbocycles. The molecule has 1 aromatic rings. The SMILES string of the molecule is CCN(C1=NCC(C)S1)c1ccc(Cl)cc1. The first kappa shape index (κ1) is 11.8. The van der Waals surface area contributed by atoms with Gasteiger partial charge in [0.05, 0.1) is 6.54 Å². The van der Waals surface area contributed by atoms with Crippen LogP contribution in [-0.4, -0.2) is 23.5 Å². The lowest BCUT2D eigenvalue weighted by molar-refractivity contribution is 0.968. The third-order valence-electron chi connectivity index (χ3n) is 2.48. The number of nitrogens with zero attached hydrogens (tertiary/aromatic N) is 2. The number of amidine groups is 1. The van der Waals surface area contributed by atoms with Gasteiger partial charge in [-0.1, -0.05) is 30.3 Å². The molecule has 0 bridgehead atoms. The average molecular weight is 255 g/mol. The fourth-order valence-electron chi connectivity index (χ4n) is 1.66. The number of rotatable bonds is 2.